The van der Waals surface area contributed by atoms with Crippen molar-refractivity contribution in [3.05, 3.63) is 11.9 Å². The third kappa shape index (κ3) is 2.20. The molecule has 3 atom stereocenters. The van der Waals surface area contributed by atoms with Gasteiger partial charge in [-0.3, -0.25) is 4.79 Å². The van der Waals surface area contributed by atoms with Crippen LogP contribution in [0.5, 0.6) is 0 Å². The summed E-state index contributed by atoms with van der Waals surface area (Å²) in [5.74, 6) is 0.0567. The lowest BCUT2D eigenvalue weighted by Crippen LogP contribution is -2.38. The highest BCUT2D eigenvalue weighted by atomic mass is 32.2. The van der Waals surface area contributed by atoms with E-state index in [2.05, 4.69) is 37.2 Å². The number of carboxylic acid groups (broad SMARTS) is 1. The third-order valence-corrected chi connectivity index (χ3v) is 6.68. The fraction of sp³-hybridized carbons (Fsp3) is 0.750. The van der Waals surface area contributed by atoms with Crippen LogP contribution in [0.3, 0.4) is 0 Å². The molecule has 2 fully saturated rings. The summed E-state index contributed by atoms with van der Waals surface area (Å²) in [4.78, 5) is 15.3. The minimum absolute atomic E-state index is 0.0732. The summed E-state index contributed by atoms with van der Waals surface area (Å²) >= 11 is 1.34. The highest BCUT2D eigenvalue weighted by Crippen LogP contribution is 2.68. The Morgan fingerprint density at radius 1 is 1.52 bits per heavy atom. The summed E-state index contributed by atoms with van der Waals surface area (Å²) in [6, 6.07) is 0.419. The molecule has 0 aromatic carbocycles. The zero-order valence-corrected chi connectivity index (χ0v) is 14.0. The molecular weight excluding hydrogens is 284 g/mol. The molecule has 0 aliphatic heterocycles. The lowest BCUT2D eigenvalue weighted by atomic mass is 9.68. The first-order valence-electron chi connectivity index (χ1n) is 7.64. The number of imidazole rings is 1. The van der Waals surface area contributed by atoms with Crippen LogP contribution in [0.15, 0.2) is 11.4 Å². The molecule has 1 aromatic heterocycles. The van der Waals surface area contributed by atoms with Crippen molar-refractivity contribution in [3.8, 4) is 0 Å². The standard InChI is InChI=1S/C16H24N2O2S/c1-10-8-17-14(21-9-12(19)20)18(10)13-15(2,3)11-5-6-16(13,4)7-11/h8,11,13H,5-7,9H2,1-4H3,(H,19,20). The van der Waals surface area contributed by atoms with E-state index in [0.29, 0.717) is 11.5 Å². The second-order valence-corrected chi connectivity index (χ2v) is 8.49. The third-order valence-electron chi connectivity index (χ3n) is 5.72. The van der Waals surface area contributed by atoms with E-state index >= 15 is 0 Å². The van der Waals surface area contributed by atoms with E-state index in [9.17, 15) is 4.79 Å². The molecule has 2 aliphatic rings. The number of thioether (sulfide) groups is 1. The van der Waals surface area contributed by atoms with E-state index in [0.717, 1.165) is 16.8 Å². The van der Waals surface area contributed by atoms with E-state index in [4.69, 9.17) is 5.11 Å². The summed E-state index contributed by atoms with van der Waals surface area (Å²) in [6.45, 7) is 9.23. The van der Waals surface area contributed by atoms with E-state index < -0.39 is 5.97 Å². The van der Waals surface area contributed by atoms with Crippen molar-refractivity contribution in [3.63, 3.8) is 0 Å². The van der Waals surface area contributed by atoms with Crippen LogP contribution in [0, 0.1) is 23.7 Å². The Labute approximate surface area is 130 Å². The normalized spacial score (nSPS) is 33.5. The minimum Gasteiger partial charge on any atom is -0.481 e. The second kappa shape index (κ2) is 4.77. The summed E-state index contributed by atoms with van der Waals surface area (Å²) in [5.41, 5.74) is 1.71. The first-order valence-corrected chi connectivity index (χ1v) is 8.63. The van der Waals surface area contributed by atoms with Crippen LogP contribution in [0.4, 0.5) is 0 Å². The van der Waals surface area contributed by atoms with Crippen molar-refractivity contribution in [2.75, 3.05) is 5.75 Å². The number of hydrogen-bond donors (Lipinski definition) is 1. The van der Waals surface area contributed by atoms with Crippen molar-refractivity contribution in [2.24, 2.45) is 16.7 Å². The molecule has 2 saturated carbocycles. The average Bonchev–Trinajstić information content (AvgIpc) is 2.98. The number of aryl methyl sites for hydroxylation is 1. The Morgan fingerprint density at radius 2 is 2.24 bits per heavy atom. The number of aliphatic carboxylic acids is 1. The summed E-state index contributed by atoms with van der Waals surface area (Å²) < 4.78 is 2.33. The number of fused-ring (bicyclic) bond motifs is 2. The molecule has 0 spiro atoms. The van der Waals surface area contributed by atoms with Crippen molar-refractivity contribution < 1.29 is 9.90 Å². The molecule has 3 unspecified atom stereocenters. The monoisotopic (exact) mass is 308 g/mol. The number of nitrogens with zero attached hydrogens (tertiary/aromatic N) is 2. The van der Waals surface area contributed by atoms with Crippen molar-refractivity contribution >= 4 is 17.7 Å². The van der Waals surface area contributed by atoms with Gasteiger partial charge >= 0.3 is 5.97 Å². The van der Waals surface area contributed by atoms with E-state index in [-0.39, 0.29) is 11.2 Å². The van der Waals surface area contributed by atoms with Gasteiger partial charge in [0.15, 0.2) is 5.16 Å². The maximum absolute atomic E-state index is 10.9. The smallest absolute Gasteiger partial charge is 0.313 e. The van der Waals surface area contributed by atoms with E-state index in [1.54, 1.807) is 0 Å². The van der Waals surface area contributed by atoms with E-state index in [1.807, 2.05) is 6.20 Å². The van der Waals surface area contributed by atoms with Gasteiger partial charge in [-0.25, -0.2) is 4.98 Å². The maximum atomic E-state index is 10.9. The molecule has 0 amide bonds. The topological polar surface area (TPSA) is 55.1 Å². The molecule has 116 valence electrons. The number of hydrogen-bond acceptors (Lipinski definition) is 3. The van der Waals surface area contributed by atoms with Gasteiger partial charge in [-0.2, -0.15) is 0 Å². The number of carboxylic acids is 1. The summed E-state index contributed by atoms with van der Waals surface area (Å²) in [5, 5.41) is 9.80. The van der Waals surface area contributed by atoms with Crippen LogP contribution in [-0.4, -0.2) is 26.4 Å². The molecule has 3 rings (SSSR count). The van der Waals surface area contributed by atoms with Crippen molar-refractivity contribution in [2.45, 2.75) is 58.2 Å². The second-order valence-electron chi connectivity index (χ2n) is 7.55. The zero-order valence-electron chi connectivity index (χ0n) is 13.2. The molecule has 5 heteroatoms. The largest absolute Gasteiger partial charge is 0.481 e. The zero-order chi connectivity index (χ0) is 15.4. The SMILES string of the molecule is Cc1cnc(SCC(=O)O)n1C1C2(C)CCC(C2)C1(C)C. The Balaban J connectivity index is 2.00. The molecule has 1 N–H and O–H groups in total. The van der Waals surface area contributed by atoms with Gasteiger partial charge in [-0.15, -0.1) is 0 Å². The predicted molar refractivity (Wildman–Crippen MR) is 83.6 cm³/mol. The van der Waals surface area contributed by atoms with Crippen LogP contribution in [-0.2, 0) is 4.79 Å². The maximum Gasteiger partial charge on any atom is 0.313 e. The van der Waals surface area contributed by atoms with Gasteiger partial charge in [0, 0.05) is 17.9 Å². The fourth-order valence-electron chi connectivity index (χ4n) is 4.89. The molecule has 1 heterocycles. The van der Waals surface area contributed by atoms with Crippen LogP contribution >= 0.6 is 11.8 Å². The van der Waals surface area contributed by atoms with Crippen molar-refractivity contribution in [1.29, 1.82) is 0 Å². The molecule has 21 heavy (non-hydrogen) atoms. The number of rotatable bonds is 4. The van der Waals surface area contributed by atoms with Crippen LogP contribution in [0.1, 0.15) is 51.8 Å². The number of aromatic nitrogens is 2. The van der Waals surface area contributed by atoms with E-state index in [1.165, 1.54) is 31.0 Å². The summed E-state index contributed by atoms with van der Waals surface area (Å²) in [7, 11) is 0. The van der Waals surface area contributed by atoms with Gasteiger partial charge in [0.05, 0.1) is 5.75 Å². The predicted octanol–water partition coefficient (Wildman–Crippen LogP) is 3.76. The van der Waals surface area contributed by atoms with Crippen LogP contribution < -0.4 is 0 Å². The molecule has 4 nitrogen and oxygen atoms in total. The Kier molecular flexibility index (Phi) is 3.39. The lowest BCUT2D eigenvalue weighted by Gasteiger charge is -2.44. The summed E-state index contributed by atoms with van der Waals surface area (Å²) in [6.07, 6.45) is 5.76. The molecule has 2 bridgehead atoms. The molecular formula is C16H24N2O2S. The Hall–Kier alpha value is -0.970. The quantitative estimate of drug-likeness (QED) is 0.861. The number of carbonyl (C=O) groups is 1. The Morgan fingerprint density at radius 3 is 2.81 bits per heavy atom. The highest BCUT2D eigenvalue weighted by Gasteiger charge is 2.60. The first kappa shape index (κ1) is 14.9. The molecule has 0 radical (unpaired) electrons. The average molecular weight is 308 g/mol. The first-order chi connectivity index (χ1) is 9.75. The molecule has 0 saturated heterocycles. The molecule has 2 aliphatic carbocycles. The highest BCUT2D eigenvalue weighted by molar-refractivity contribution is 7.99. The van der Waals surface area contributed by atoms with Gasteiger partial charge in [-0.1, -0.05) is 32.5 Å². The van der Waals surface area contributed by atoms with Gasteiger partial charge in [-0.05, 0) is 42.9 Å². The van der Waals surface area contributed by atoms with Crippen molar-refractivity contribution in [1.82, 2.24) is 9.55 Å². The van der Waals surface area contributed by atoms with Gasteiger partial charge in [0.1, 0.15) is 0 Å². The van der Waals surface area contributed by atoms with Gasteiger partial charge in [0.25, 0.3) is 0 Å². The van der Waals surface area contributed by atoms with Crippen LogP contribution in [0.25, 0.3) is 0 Å². The van der Waals surface area contributed by atoms with Gasteiger partial charge < -0.3 is 9.67 Å². The van der Waals surface area contributed by atoms with Crippen LogP contribution in [0.2, 0.25) is 0 Å². The Bertz CT molecular complexity index is 576. The van der Waals surface area contributed by atoms with Gasteiger partial charge in [0.2, 0.25) is 0 Å². The molecule has 1 aromatic rings. The fourth-order valence-corrected chi connectivity index (χ4v) is 5.66. The lowest BCUT2D eigenvalue weighted by molar-refractivity contribution is -0.133. The minimum atomic E-state index is -0.786.